The second-order valence-corrected chi connectivity index (χ2v) is 7.54. The zero-order valence-corrected chi connectivity index (χ0v) is 17.6. The number of rotatable bonds is 17. The van der Waals surface area contributed by atoms with Gasteiger partial charge in [0.05, 0.1) is 0 Å². The number of carboxylic acids is 1. The van der Waals surface area contributed by atoms with Crippen molar-refractivity contribution >= 4 is 47.8 Å². The van der Waals surface area contributed by atoms with Crippen molar-refractivity contribution in [3.05, 3.63) is 0 Å². The topological polar surface area (TPSA) is 116 Å². The van der Waals surface area contributed by atoms with Crippen molar-refractivity contribution in [2.24, 2.45) is 11.7 Å². The van der Waals surface area contributed by atoms with E-state index in [4.69, 9.17) is 16.2 Å². The summed E-state index contributed by atoms with van der Waals surface area (Å²) >= 11 is 0. The Kier molecular flexibility index (Phi) is 30.3. The van der Waals surface area contributed by atoms with Crippen molar-refractivity contribution in [2.45, 2.75) is 104 Å². The van der Waals surface area contributed by atoms with Crippen molar-refractivity contribution in [3.63, 3.8) is 0 Å². The SMILES string of the molecule is CC(C)CCCCCCCCCCCCCCC=O.N=C(N)NCC(=O)O.[NaH]. The van der Waals surface area contributed by atoms with Crippen LogP contribution >= 0.6 is 0 Å². The molecule has 162 valence electrons. The summed E-state index contributed by atoms with van der Waals surface area (Å²) in [5.74, 6) is -0.473. The molecule has 0 heterocycles. The van der Waals surface area contributed by atoms with Gasteiger partial charge in [-0.15, -0.1) is 0 Å². The number of carbonyl (C=O) groups is 2. The van der Waals surface area contributed by atoms with Gasteiger partial charge in [0.1, 0.15) is 12.8 Å². The van der Waals surface area contributed by atoms with Crippen molar-refractivity contribution in [1.29, 1.82) is 5.41 Å². The van der Waals surface area contributed by atoms with Gasteiger partial charge < -0.3 is 21.0 Å². The van der Waals surface area contributed by atoms with Gasteiger partial charge in [0.2, 0.25) is 0 Å². The molecule has 0 aromatic rings. The van der Waals surface area contributed by atoms with Crippen LogP contribution < -0.4 is 11.1 Å². The van der Waals surface area contributed by atoms with E-state index in [1.54, 1.807) is 0 Å². The Labute approximate surface area is 194 Å². The molecule has 0 radical (unpaired) electrons. The number of aliphatic carboxylic acids is 1. The first-order chi connectivity index (χ1) is 12.9. The molecule has 0 aromatic carbocycles. The average molecular weight is 410 g/mol. The molecule has 0 aliphatic carbocycles. The molecule has 0 unspecified atom stereocenters. The van der Waals surface area contributed by atoms with Crippen LogP contribution in [-0.2, 0) is 9.59 Å². The van der Waals surface area contributed by atoms with Gasteiger partial charge in [0, 0.05) is 6.42 Å². The summed E-state index contributed by atoms with van der Waals surface area (Å²) in [4.78, 5) is 19.8. The summed E-state index contributed by atoms with van der Waals surface area (Å²) < 4.78 is 0. The third-order valence-electron chi connectivity index (χ3n) is 4.28. The van der Waals surface area contributed by atoms with Crippen molar-refractivity contribution in [2.75, 3.05) is 6.54 Å². The minimum absolute atomic E-state index is 0. The molecular formula is C21H44N3NaO3. The second kappa shape index (κ2) is 26.4. The molecule has 0 atom stereocenters. The van der Waals surface area contributed by atoms with Crippen LogP contribution in [0, 0.1) is 11.3 Å². The molecular weight excluding hydrogens is 365 g/mol. The third kappa shape index (κ3) is 36.3. The molecule has 7 heteroatoms. The Bertz CT molecular complexity index is 353. The number of carbonyl (C=O) groups excluding carboxylic acids is 1. The van der Waals surface area contributed by atoms with Gasteiger partial charge in [0.25, 0.3) is 0 Å². The van der Waals surface area contributed by atoms with Gasteiger partial charge in [-0.1, -0.05) is 90.9 Å². The van der Waals surface area contributed by atoms with Crippen LogP contribution in [0.15, 0.2) is 0 Å². The van der Waals surface area contributed by atoms with Crippen molar-refractivity contribution in [1.82, 2.24) is 5.32 Å². The quantitative estimate of drug-likeness (QED) is 0.0944. The minimum atomic E-state index is -1.03. The van der Waals surface area contributed by atoms with E-state index in [1.807, 2.05) is 0 Å². The molecule has 0 spiro atoms. The van der Waals surface area contributed by atoms with E-state index in [-0.39, 0.29) is 42.1 Å². The maximum absolute atomic E-state index is 10.1. The zero-order chi connectivity index (χ0) is 20.8. The first kappa shape index (κ1) is 32.1. The monoisotopic (exact) mass is 409 g/mol. The molecule has 0 amide bonds. The van der Waals surface area contributed by atoms with Gasteiger partial charge in [-0.2, -0.15) is 0 Å². The summed E-state index contributed by atoms with van der Waals surface area (Å²) in [5, 5.41) is 16.5. The molecule has 0 rings (SSSR count). The molecule has 0 aromatic heterocycles. The van der Waals surface area contributed by atoms with Crippen LogP contribution in [0.1, 0.15) is 104 Å². The molecule has 28 heavy (non-hydrogen) atoms. The van der Waals surface area contributed by atoms with E-state index < -0.39 is 5.97 Å². The van der Waals surface area contributed by atoms with E-state index in [2.05, 4.69) is 19.2 Å². The predicted octanol–water partition coefficient (Wildman–Crippen LogP) is 4.21. The zero-order valence-electron chi connectivity index (χ0n) is 17.6. The van der Waals surface area contributed by atoms with Crippen LogP contribution in [0.4, 0.5) is 0 Å². The molecule has 5 N–H and O–H groups in total. The summed E-state index contributed by atoms with van der Waals surface area (Å²) in [7, 11) is 0. The number of unbranched alkanes of at least 4 members (excludes halogenated alkanes) is 12. The van der Waals surface area contributed by atoms with Gasteiger partial charge in [0.15, 0.2) is 5.96 Å². The van der Waals surface area contributed by atoms with E-state index in [0.29, 0.717) is 0 Å². The number of carboxylic acid groups (broad SMARTS) is 1. The summed E-state index contributed by atoms with van der Waals surface area (Å²) in [6.45, 7) is 4.34. The number of nitrogens with two attached hydrogens (primary N) is 1. The number of hydrogen-bond acceptors (Lipinski definition) is 3. The van der Waals surface area contributed by atoms with Crippen molar-refractivity contribution < 1.29 is 14.7 Å². The van der Waals surface area contributed by atoms with Gasteiger partial charge in [-0.3, -0.25) is 10.2 Å². The Morgan fingerprint density at radius 3 is 1.61 bits per heavy atom. The molecule has 0 aliphatic heterocycles. The Morgan fingerprint density at radius 2 is 1.32 bits per heavy atom. The predicted molar refractivity (Wildman–Crippen MR) is 120 cm³/mol. The fourth-order valence-corrected chi connectivity index (χ4v) is 2.72. The van der Waals surface area contributed by atoms with Gasteiger partial charge in [-0.05, 0) is 12.3 Å². The van der Waals surface area contributed by atoms with Gasteiger partial charge >= 0.3 is 35.5 Å². The second-order valence-electron chi connectivity index (χ2n) is 7.54. The standard InChI is InChI=1S/C18H36O.C3H7N3O2.Na.H/c1-18(2)16-14-12-10-8-6-4-3-5-7-9-11-13-15-17-19;4-3(5)6-1-2(7)8;;/h17-18H,3-16H2,1-2H3;1H2,(H,7,8)(H4,4,5,6);;. The molecule has 0 fully saturated rings. The fourth-order valence-electron chi connectivity index (χ4n) is 2.72. The van der Waals surface area contributed by atoms with Crippen molar-refractivity contribution in [3.8, 4) is 0 Å². The summed E-state index contributed by atoms with van der Waals surface area (Å²) in [6.07, 6.45) is 19.7. The molecule has 0 saturated heterocycles. The summed E-state index contributed by atoms with van der Waals surface area (Å²) in [6, 6.07) is 0. The van der Waals surface area contributed by atoms with Crippen LogP contribution in [0.3, 0.4) is 0 Å². The number of guanidine groups is 1. The molecule has 0 saturated carbocycles. The Morgan fingerprint density at radius 1 is 0.929 bits per heavy atom. The summed E-state index contributed by atoms with van der Waals surface area (Å²) in [5.41, 5.74) is 4.75. The molecule has 0 bridgehead atoms. The van der Waals surface area contributed by atoms with Crippen LogP contribution in [-0.4, -0.2) is 59.4 Å². The third-order valence-corrected chi connectivity index (χ3v) is 4.28. The van der Waals surface area contributed by atoms with E-state index in [9.17, 15) is 9.59 Å². The average Bonchev–Trinajstić information content (AvgIpc) is 2.60. The van der Waals surface area contributed by atoms with E-state index >= 15 is 0 Å². The van der Waals surface area contributed by atoms with Gasteiger partial charge in [-0.25, -0.2) is 0 Å². The number of aldehydes is 1. The van der Waals surface area contributed by atoms with Crippen LogP contribution in [0.2, 0.25) is 0 Å². The van der Waals surface area contributed by atoms with E-state index in [0.717, 1.165) is 25.0 Å². The maximum atomic E-state index is 10.1. The Balaban J connectivity index is -0.000000587. The van der Waals surface area contributed by atoms with Crippen LogP contribution in [0.25, 0.3) is 0 Å². The van der Waals surface area contributed by atoms with Crippen LogP contribution in [0.5, 0.6) is 0 Å². The molecule has 0 aliphatic rings. The molecule has 6 nitrogen and oxygen atoms in total. The number of nitrogens with one attached hydrogen (secondary N) is 2. The number of hydrogen-bond donors (Lipinski definition) is 4. The first-order valence-electron chi connectivity index (χ1n) is 10.6. The fraction of sp³-hybridized carbons (Fsp3) is 0.857. The van der Waals surface area contributed by atoms with E-state index in [1.165, 1.54) is 77.0 Å². The normalized spacial score (nSPS) is 9.82. The Hall–Kier alpha value is -0.590. The first-order valence-corrected chi connectivity index (χ1v) is 10.6.